The van der Waals surface area contributed by atoms with Gasteiger partial charge in [0.05, 0.1) is 5.01 Å². The first-order valence-corrected chi connectivity index (χ1v) is 8.25. The molecule has 2 nitrogen and oxygen atoms in total. The fraction of sp³-hybridized carbons (Fsp3) is 0.800. The summed E-state index contributed by atoms with van der Waals surface area (Å²) in [5.41, 5.74) is 0. The third-order valence-corrected chi connectivity index (χ3v) is 6.08. The molecule has 0 amide bonds. The highest BCUT2D eigenvalue weighted by Gasteiger charge is 2.41. The van der Waals surface area contributed by atoms with Gasteiger partial charge in [0.25, 0.3) is 0 Å². The van der Waals surface area contributed by atoms with Crippen LogP contribution in [0.15, 0.2) is 6.20 Å². The van der Waals surface area contributed by atoms with Crippen molar-refractivity contribution in [2.24, 2.45) is 17.8 Å². The Labute approximate surface area is 114 Å². The van der Waals surface area contributed by atoms with E-state index in [9.17, 15) is 0 Å². The molecule has 1 aromatic heterocycles. The molecule has 0 saturated heterocycles. The van der Waals surface area contributed by atoms with Crippen LogP contribution in [-0.4, -0.2) is 11.0 Å². The maximum absolute atomic E-state index is 4.43. The van der Waals surface area contributed by atoms with Crippen LogP contribution in [0.4, 0.5) is 0 Å². The van der Waals surface area contributed by atoms with Crippen LogP contribution >= 0.6 is 11.3 Å². The van der Waals surface area contributed by atoms with Gasteiger partial charge in [0.15, 0.2) is 0 Å². The highest BCUT2D eigenvalue weighted by Crippen LogP contribution is 2.49. The Kier molecular flexibility index (Phi) is 3.71. The van der Waals surface area contributed by atoms with Crippen LogP contribution in [0, 0.1) is 17.8 Å². The molecule has 0 aliphatic heterocycles. The summed E-state index contributed by atoms with van der Waals surface area (Å²) in [6.45, 7) is 5.56. The lowest BCUT2D eigenvalue weighted by molar-refractivity contribution is 0.260. The van der Waals surface area contributed by atoms with Crippen molar-refractivity contribution in [2.45, 2.75) is 58.5 Å². The number of nitrogens with zero attached hydrogens (tertiary/aromatic N) is 1. The van der Waals surface area contributed by atoms with E-state index >= 15 is 0 Å². The molecule has 3 heteroatoms. The topological polar surface area (TPSA) is 24.9 Å². The minimum Gasteiger partial charge on any atom is -0.309 e. The van der Waals surface area contributed by atoms with Gasteiger partial charge in [-0.2, -0.15) is 0 Å². The molecule has 1 N–H and O–H groups in total. The van der Waals surface area contributed by atoms with Crippen molar-refractivity contribution in [3.05, 3.63) is 16.1 Å². The number of fused-ring (bicyclic) bond motifs is 2. The van der Waals surface area contributed by atoms with E-state index in [1.165, 1.54) is 35.6 Å². The summed E-state index contributed by atoms with van der Waals surface area (Å²) in [7, 11) is 0. The maximum atomic E-state index is 4.43. The van der Waals surface area contributed by atoms with Crippen LogP contribution in [-0.2, 0) is 13.0 Å². The van der Waals surface area contributed by atoms with E-state index < -0.39 is 0 Å². The third-order valence-electron chi connectivity index (χ3n) is 4.94. The Hall–Kier alpha value is -0.410. The molecule has 3 rings (SSSR count). The van der Waals surface area contributed by atoms with Gasteiger partial charge in [-0.25, -0.2) is 4.98 Å². The fourth-order valence-electron chi connectivity index (χ4n) is 3.91. The molecule has 100 valence electrons. The Balaban J connectivity index is 1.50. The monoisotopic (exact) mass is 264 g/mol. The SMILES string of the molecule is CCc1ncc(CNC(C)C2CC3CCC2C3)s1. The zero-order valence-corrected chi connectivity index (χ0v) is 12.3. The molecule has 2 aliphatic rings. The van der Waals surface area contributed by atoms with Gasteiger partial charge in [-0.3, -0.25) is 0 Å². The second kappa shape index (κ2) is 5.30. The molecule has 0 spiro atoms. The molecular formula is C15H24N2S. The summed E-state index contributed by atoms with van der Waals surface area (Å²) < 4.78 is 0. The Morgan fingerprint density at radius 3 is 2.94 bits per heavy atom. The van der Waals surface area contributed by atoms with Gasteiger partial charge in [-0.1, -0.05) is 13.3 Å². The van der Waals surface area contributed by atoms with Crippen molar-refractivity contribution < 1.29 is 0 Å². The predicted octanol–water partition coefficient (Wildman–Crippen LogP) is 3.62. The van der Waals surface area contributed by atoms with E-state index in [0.29, 0.717) is 6.04 Å². The number of hydrogen-bond donors (Lipinski definition) is 1. The summed E-state index contributed by atoms with van der Waals surface area (Å²) in [5.74, 6) is 3.01. The van der Waals surface area contributed by atoms with Gasteiger partial charge in [-0.05, 0) is 50.4 Å². The number of aryl methyl sites for hydroxylation is 1. The smallest absolute Gasteiger partial charge is 0.0925 e. The summed E-state index contributed by atoms with van der Waals surface area (Å²) in [5, 5.41) is 5.00. The number of rotatable bonds is 5. The van der Waals surface area contributed by atoms with Gasteiger partial charge in [-0.15, -0.1) is 11.3 Å². The van der Waals surface area contributed by atoms with Gasteiger partial charge < -0.3 is 5.32 Å². The van der Waals surface area contributed by atoms with Crippen molar-refractivity contribution >= 4 is 11.3 Å². The number of hydrogen-bond acceptors (Lipinski definition) is 3. The second-order valence-electron chi connectivity index (χ2n) is 6.08. The van der Waals surface area contributed by atoms with E-state index in [1.54, 1.807) is 0 Å². The highest BCUT2D eigenvalue weighted by molar-refractivity contribution is 7.11. The largest absolute Gasteiger partial charge is 0.309 e. The van der Waals surface area contributed by atoms with Gasteiger partial charge >= 0.3 is 0 Å². The normalized spacial score (nSPS) is 32.0. The van der Waals surface area contributed by atoms with Crippen LogP contribution in [0.25, 0.3) is 0 Å². The molecule has 4 atom stereocenters. The molecule has 0 radical (unpaired) electrons. The van der Waals surface area contributed by atoms with E-state index in [4.69, 9.17) is 0 Å². The van der Waals surface area contributed by atoms with E-state index in [0.717, 1.165) is 30.7 Å². The zero-order chi connectivity index (χ0) is 12.5. The minimum absolute atomic E-state index is 0.674. The predicted molar refractivity (Wildman–Crippen MR) is 76.7 cm³/mol. The van der Waals surface area contributed by atoms with E-state index in [2.05, 4.69) is 24.1 Å². The molecule has 4 unspecified atom stereocenters. The Morgan fingerprint density at radius 1 is 1.44 bits per heavy atom. The summed E-state index contributed by atoms with van der Waals surface area (Å²) >= 11 is 1.86. The molecule has 2 bridgehead atoms. The standard InChI is InChI=1S/C15H24N2S/c1-3-15-17-9-13(18-15)8-16-10(2)14-7-11-4-5-12(14)6-11/h9-12,14,16H,3-8H2,1-2H3. The molecule has 0 aromatic carbocycles. The van der Waals surface area contributed by atoms with E-state index in [1.807, 2.05) is 17.5 Å². The van der Waals surface area contributed by atoms with Crippen molar-refractivity contribution in [1.82, 2.24) is 10.3 Å². The first-order valence-electron chi connectivity index (χ1n) is 7.43. The van der Waals surface area contributed by atoms with Crippen LogP contribution < -0.4 is 5.32 Å². The van der Waals surface area contributed by atoms with Crippen LogP contribution in [0.3, 0.4) is 0 Å². The summed E-state index contributed by atoms with van der Waals surface area (Å²) in [4.78, 5) is 5.82. The molecule has 2 aliphatic carbocycles. The van der Waals surface area contributed by atoms with Crippen molar-refractivity contribution in [2.75, 3.05) is 0 Å². The van der Waals surface area contributed by atoms with Crippen molar-refractivity contribution in [1.29, 1.82) is 0 Å². The second-order valence-corrected chi connectivity index (χ2v) is 7.28. The number of aromatic nitrogens is 1. The first-order chi connectivity index (χ1) is 8.76. The minimum atomic E-state index is 0.674. The fourth-order valence-corrected chi connectivity index (χ4v) is 4.73. The number of thiazole rings is 1. The van der Waals surface area contributed by atoms with Crippen LogP contribution in [0.1, 0.15) is 49.4 Å². The lowest BCUT2D eigenvalue weighted by atomic mass is 9.84. The lowest BCUT2D eigenvalue weighted by Gasteiger charge is -2.28. The summed E-state index contributed by atoms with van der Waals surface area (Å²) in [6, 6.07) is 0.674. The quantitative estimate of drug-likeness (QED) is 0.878. The zero-order valence-electron chi connectivity index (χ0n) is 11.5. The van der Waals surface area contributed by atoms with E-state index in [-0.39, 0.29) is 0 Å². The van der Waals surface area contributed by atoms with Gasteiger partial charge in [0.1, 0.15) is 0 Å². The number of nitrogens with one attached hydrogen (secondary N) is 1. The maximum Gasteiger partial charge on any atom is 0.0925 e. The Morgan fingerprint density at radius 2 is 2.33 bits per heavy atom. The molecule has 18 heavy (non-hydrogen) atoms. The first kappa shape index (κ1) is 12.6. The van der Waals surface area contributed by atoms with Crippen molar-refractivity contribution in [3.63, 3.8) is 0 Å². The third kappa shape index (κ3) is 2.48. The average molecular weight is 264 g/mol. The van der Waals surface area contributed by atoms with Crippen LogP contribution in [0.2, 0.25) is 0 Å². The molecule has 1 heterocycles. The lowest BCUT2D eigenvalue weighted by Crippen LogP contribution is -2.35. The molecular weight excluding hydrogens is 240 g/mol. The average Bonchev–Trinajstić information content (AvgIpc) is 3.11. The van der Waals surface area contributed by atoms with Crippen molar-refractivity contribution in [3.8, 4) is 0 Å². The Bertz CT molecular complexity index is 401. The molecule has 2 saturated carbocycles. The highest BCUT2D eigenvalue weighted by atomic mass is 32.1. The van der Waals surface area contributed by atoms with Gasteiger partial charge in [0.2, 0.25) is 0 Å². The molecule has 1 aromatic rings. The molecule has 2 fully saturated rings. The summed E-state index contributed by atoms with van der Waals surface area (Å²) in [6.07, 6.45) is 9.08. The van der Waals surface area contributed by atoms with Crippen LogP contribution in [0.5, 0.6) is 0 Å². The van der Waals surface area contributed by atoms with Gasteiger partial charge in [0, 0.05) is 23.7 Å².